The van der Waals surface area contributed by atoms with Crippen molar-refractivity contribution in [2.45, 2.75) is 20.0 Å². The molecule has 2 N–H and O–H groups in total. The van der Waals surface area contributed by atoms with E-state index < -0.39 is 0 Å². The Bertz CT molecular complexity index is 924. The number of benzene rings is 1. The lowest BCUT2D eigenvalue weighted by molar-refractivity contribution is 0.359. The zero-order valence-corrected chi connectivity index (χ0v) is 18.2. The number of fused-ring (bicyclic) bond motifs is 1. The fourth-order valence-electron chi connectivity index (χ4n) is 2.60. The normalized spacial score (nSPS) is 11.0. The number of nitrogens with zero attached hydrogens (tertiary/aromatic N) is 4. The number of halogens is 1. The standard InChI is InChI=1S/C20H24N6O.HI/c1-3-13-27-17-10-6-5-9-16(17)14-22-20(21-4-2)23-15-19-25-24-18-11-7-8-12-26(18)19;/h3,5-12H,1,4,13-15H2,2H3,(H2,21,22,23);1H. The van der Waals surface area contributed by atoms with Crippen molar-refractivity contribution in [2.75, 3.05) is 13.2 Å². The van der Waals surface area contributed by atoms with Crippen LogP contribution in [0, 0.1) is 0 Å². The third-order valence-corrected chi connectivity index (χ3v) is 3.88. The lowest BCUT2D eigenvalue weighted by atomic mass is 10.2. The Morgan fingerprint density at radius 2 is 2.00 bits per heavy atom. The Kier molecular flexibility index (Phi) is 8.73. The van der Waals surface area contributed by atoms with Gasteiger partial charge in [-0.25, -0.2) is 4.99 Å². The van der Waals surface area contributed by atoms with Crippen LogP contribution in [0.15, 0.2) is 66.3 Å². The first-order valence-corrected chi connectivity index (χ1v) is 8.94. The van der Waals surface area contributed by atoms with Gasteiger partial charge < -0.3 is 15.4 Å². The zero-order chi connectivity index (χ0) is 18.9. The van der Waals surface area contributed by atoms with E-state index in [4.69, 9.17) is 4.74 Å². The number of aromatic nitrogens is 3. The van der Waals surface area contributed by atoms with Crippen molar-refractivity contribution in [3.8, 4) is 5.75 Å². The minimum absolute atomic E-state index is 0. The number of hydrogen-bond donors (Lipinski definition) is 2. The first-order valence-electron chi connectivity index (χ1n) is 8.94. The van der Waals surface area contributed by atoms with Crippen molar-refractivity contribution in [1.29, 1.82) is 0 Å². The smallest absolute Gasteiger partial charge is 0.191 e. The molecular formula is C20H25IN6O. The number of nitrogens with one attached hydrogen (secondary N) is 2. The van der Waals surface area contributed by atoms with Gasteiger partial charge in [0.1, 0.15) is 12.4 Å². The molecule has 0 bridgehead atoms. The number of aliphatic imine (C=N–C) groups is 1. The molecule has 0 amide bonds. The van der Waals surface area contributed by atoms with Gasteiger partial charge in [0.25, 0.3) is 0 Å². The maximum absolute atomic E-state index is 5.70. The Morgan fingerprint density at radius 3 is 2.82 bits per heavy atom. The SMILES string of the molecule is C=CCOc1ccccc1CN=C(NCC)NCc1nnc2ccccn12.I. The molecule has 28 heavy (non-hydrogen) atoms. The maximum Gasteiger partial charge on any atom is 0.191 e. The number of rotatable bonds is 8. The van der Waals surface area contributed by atoms with E-state index in [9.17, 15) is 0 Å². The maximum atomic E-state index is 5.70. The van der Waals surface area contributed by atoms with Crippen molar-refractivity contribution in [3.05, 3.63) is 72.7 Å². The summed E-state index contributed by atoms with van der Waals surface area (Å²) in [4.78, 5) is 4.66. The van der Waals surface area contributed by atoms with Gasteiger partial charge in [0.15, 0.2) is 17.4 Å². The van der Waals surface area contributed by atoms with Crippen LogP contribution >= 0.6 is 24.0 Å². The summed E-state index contributed by atoms with van der Waals surface area (Å²) < 4.78 is 7.65. The highest BCUT2D eigenvalue weighted by atomic mass is 127. The molecule has 0 spiro atoms. The molecule has 0 atom stereocenters. The van der Waals surface area contributed by atoms with Crippen molar-refractivity contribution in [1.82, 2.24) is 25.2 Å². The lowest BCUT2D eigenvalue weighted by Crippen LogP contribution is -2.37. The minimum Gasteiger partial charge on any atom is -0.489 e. The van der Waals surface area contributed by atoms with Crippen molar-refractivity contribution < 1.29 is 4.74 Å². The van der Waals surface area contributed by atoms with E-state index in [2.05, 4.69) is 32.4 Å². The van der Waals surface area contributed by atoms with Crippen LogP contribution in [0.25, 0.3) is 5.65 Å². The molecule has 0 aliphatic rings. The van der Waals surface area contributed by atoms with E-state index >= 15 is 0 Å². The topological polar surface area (TPSA) is 75.8 Å². The van der Waals surface area contributed by atoms with E-state index in [1.165, 1.54) is 0 Å². The zero-order valence-electron chi connectivity index (χ0n) is 15.8. The lowest BCUT2D eigenvalue weighted by Gasteiger charge is -2.12. The number of para-hydroxylation sites is 1. The summed E-state index contributed by atoms with van der Waals surface area (Å²) in [5.74, 6) is 2.36. The van der Waals surface area contributed by atoms with Crippen LogP contribution in [0.2, 0.25) is 0 Å². The van der Waals surface area contributed by atoms with E-state index in [-0.39, 0.29) is 24.0 Å². The molecular weight excluding hydrogens is 467 g/mol. The minimum atomic E-state index is 0. The first kappa shape index (κ1) is 21.7. The van der Waals surface area contributed by atoms with Gasteiger partial charge in [0.05, 0.1) is 13.1 Å². The summed E-state index contributed by atoms with van der Waals surface area (Å²) in [5.41, 5.74) is 1.84. The predicted octanol–water partition coefficient (Wildman–Crippen LogP) is 3.17. The van der Waals surface area contributed by atoms with Gasteiger partial charge in [-0.1, -0.05) is 36.9 Å². The van der Waals surface area contributed by atoms with E-state index in [1.807, 2.05) is 60.0 Å². The Hall–Kier alpha value is -2.62. The Morgan fingerprint density at radius 1 is 1.18 bits per heavy atom. The largest absolute Gasteiger partial charge is 0.489 e. The summed E-state index contributed by atoms with van der Waals surface area (Å²) in [6.45, 7) is 7.98. The van der Waals surface area contributed by atoms with E-state index in [1.54, 1.807) is 6.08 Å². The van der Waals surface area contributed by atoms with Crippen molar-refractivity contribution in [3.63, 3.8) is 0 Å². The van der Waals surface area contributed by atoms with E-state index in [0.29, 0.717) is 25.7 Å². The van der Waals surface area contributed by atoms with Gasteiger partial charge in [-0.05, 0) is 25.1 Å². The monoisotopic (exact) mass is 492 g/mol. The molecule has 3 rings (SSSR count). The summed E-state index contributed by atoms with van der Waals surface area (Å²) in [7, 11) is 0. The van der Waals surface area contributed by atoms with Crippen molar-refractivity contribution in [2.24, 2.45) is 4.99 Å². The number of ether oxygens (including phenoxy) is 1. The third-order valence-electron chi connectivity index (χ3n) is 3.88. The summed E-state index contributed by atoms with van der Waals surface area (Å²) in [5, 5.41) is 15.0. The van der Waals surface area contributed by atoms with Crippen LogP contribution in [0.5, 0.6) is 5.75 Å². The van der Waals surface area contributed by atoms with Gasteiger partial charge >= 0.3 is 0 Å². The molecule has 0 fully saturated rings. The average Bonchev–Trinajstić information content (AvgIpc) is 3.12. The quantitative estimate of drug-likeness (QED) is 0.219. The van der Waals surface area contributed by atoms with Crippen LogP contribution < -0.4 is 15.4 Å². The van der Waals surface area contributed by atoms with Crippen LogP contribution in [-0.4, -0.2) is 33.7 Å². The second kappa shape index (κ2) is 11.3. The van der Waals surface area contributed by atoms with Crippen molar-refractivity contribution >= 4 is 35.6 Å². The molecule has 2 heterocycles. The number of hydrogen-bond acceptors (Lipinski definition) is 4. The fourth-order valence-corrected chi connectivity index (χ4v) is 2.60. The third kappa shape index (κ3) is 5.69. The molecule has 1 aromatic carbocycles. The molecule has 2 aromatic heterocycles. The molecule has 7 nitrogen and oxygen atoms in total. The summed E-state index contributed by atoms with van der Waals surface area (Å²) in [6.07, 6.45) is 3.68. The van der Waals surface area contributed by atoms with Gasteiger partial charge in [-0.3, -0.25) is 4.40 Å². The number of guanidine groups is 1. The molecule has 3 aromatic rings. The second-order valence-electron chi connectivity index (χ2n) is 5.80. The van der Waals surface area contributed by atoms with Gasteiger partial charge in [-0.2, -0.15) is 0 Å². The Balaban J connectivity index is 0.00000280. The molecule has 148 valence electrons. The molecule has 0 unspecified atom stereocenters. The molecule has 0 aliphatic heterocycles. The van der Waals surface area contributed by atoms with Crippen LogP contribution in [0.3, 0.4) is 0 Å². The van der Waals surface area contributed by atoms with Crippen LogP contribution in [0.1, 0.15) is 18.3 Å². The van der Waals surface area contributed by atoms with Crippen LogP contribution in [-0.2, 0) is 13.1 Å². The predicted molar refractivity (Wildman–Crippen MR) is 122 cm³/mol. The molecule has 0 saturated heterocycles. The van der Waals surface area contributed by atoms with Gasteiger partial charge in [0, 0.05) is 18.3 Å². The number of pyridine rings is 1. The molecule has 8 heteroatoms. The first-order chi connectivity index (χ1) is 13.3. The average molecular weight is 492 g/mol. The highest BCUT2D eigenvalue weighted by Crippen LogP contribution is 2.18. The summed E-state index contributed by atoms with van der Waals surface area (Å²) >= 11 is 0. The Labute approximate surface area is 181 Å². The van der Waals surface area contributed by atoms with E-state index in [0.717, 1.165) is 29.3 Å². The second-order valence-corrected chi connectivity index (χ2v) is 5.80. The highest BCUT2D eigenvalue weighted by Gasteiger charge is 2.07. The summed E-state index contributed by atoms with van der Waals surface area (Å²) in [6, 6.07) is 13.7. The van der Waals surface area contributed by atoms with Gasteiger partial charge in [0.2, 0.25) is 0 Å². The molecule has 0 saturated carbocycles. The van der Waals surface area contributed by atoms with Gasteiger partial charge in [-0.15, -0.1) is 34.2 Å². The molecule has 0 aliphatic carbocycles. The molecule has 0 radical (unpaired) electrons. The fraction of sp³-hybridized carbons (Fsp3) is 0.250. The van der Waals surface area contributed by atoms with Crippen LogP contribution in [0.4, 0.5) is 0 Å². The highest BCUT2D eigenvalue weighted by molar-refractivity contribution is 14.0.